The minimum absolute atomic E-state index is 0.722. The normalized spacial score (nSPS) is 10.8. The van der Waals surface area contributed by atoms with Crippen LogP contribution in [0, 0.1) is 30.3 Å². The van der Waals surface area contributed by atoms with E-state index in [-0.39, 0.29) is 0 Å². The highest BCUT2D eigenvalue weighted by atomic mass is 16.7. The second-order valence-corrected chi connectivity index (χ2v) is 2.54. The number of rotatable bonds is 5. The minimum atomic E-state index is -2.47. The second-order valence-electron chi connectivity index (χ2n) is 2.54. The van der Waals surface area contributed by atoms with Gasteiger partial charge in [0, 0.05) is 4.92 Å². The zero-order chi connectivity index (χ0) is 10.6. The molecule has 0 heterocycles. The first-order valence-corrected chi connectivity index (χ1v) is 3.21. The molecule has 0 aromatic heterocycles. The predicted molar refractivity (Wildman–Crippen MR) is 38.9 cm³/mol. The van der Waals surface area contributed by atoms with Crippen molar-refractivity contribution in [2.75, 3.05) is 6.54 Å². The molecule has 0 spiro atoms. The molecule has 0 unspecified atom stereocenters. The van der Waals surface area contributed by atoms with Gasteiger partial charge in [0.15, 0.2) is 6.42 Å². The van der Waals surface area contributed by atoms with Crippen molar-refractivity contribution in [2.24, 2.45) is 0 Å². The Bertz CT molecular complexity index is 236. The highest BCUT2D eigenvalue weighted by molar-refractivity contribution is 4.58. The molecule has 0 aliphatic rings. The summed E-state index contributed by atoms with van der Waals surface area (Å²) >= 11 is 0. The van der Waals surface area contributed by atoms with Gasteiger partial charge in [0.2, 0.25) is 6.54 Å². The van der Waals surface area contributed by atoms with Gasteiger partial charge in [-0.1, -0.05) is 0 Å². The number of nitro groups is 3. The lowest BCUT2D eigenvalue weighted by molar-refractivity contribution is -0.795. The molecule has 0 atom stereocenters. The Labute approximate surface area is 71.8 Å². The molecule has 0 bridgehead atoms. The van der Waals surface area contributed by atoms with Crippen LogP contribution in [0.1, 0.15) is 13.3 Å². The van der Waals surface area contributed by atoms with Crippen LogP contribution < -0.4 is 0 Å². The molecule has 0 aromatic carbocycles. The number of nitrogens with zero attached hydrogens (tertiary/aromatic N) is 3. The van der Waals surface area contributed by atoms with Crippen LogP contribution in [0.3, 0.4) is 0 Å². The van der Waals surface area contributed by atoms with Crippen molar-refractivity contribution in [2.45, 2.75) is 19.0 Å². The van der Waals surface area contributed by atoms with E-state index in [9.17, 15) is 30.3 Å². The quantitative estimate of drug-likeness (QED) is 0.341. The Morgan fingerprint density at radius 2 is 1.46 bits per heavy atom. The molecule has 0 aromatic rings. The van der Waals surface area contributed by atoms with Crippen LogP contribution in [0.5, 0.6) is 0 Å². The van der Waals surface area contributed by atoms with Crippen LogP contribution in [0.2, 0.25) is 0 Å². The lowest BCUT2D eigenvalue weighted by Gasteiger charge is -2.09. The summed E-state index contributed by atoms with van der Waals surface area (Å²) in [4.78, 5) is 27.2. The summed E-state index contributed by atoms with van der Waals surface area (Å²) in [5.41, 5.74) is -2.47. The van der Waals surface area contributed by atoms with Crippen molar-refractivity contribution >= 4 is 0 Å². The van der Waals surface area contributed by atoms with Crippen LogP contribution in [0.25, 0.3) is 0 Å². The monoisotopic (exact) mass is 193 g/mol. The summed E-state index contributed by atoms with van der Waals surface area (Å²) in [6.45, 7) is -0.0467. The third kappa shape index (κ3) is 2.61. The fourth-order valence-corrected chi connectivity index (χ4v) is 0.552. The molecule has 13 heavy (non-hydrogen) atoms. The fourth-order valence-electron chi connectivity index (χ4n) is 0.552. The van der Waals surface area contributed by atoms with Crippen molar-refractivity contribution in [1.29, 1.82) is 0 Å². The van der Waals surface area contributed by atoms with E-state index in [2.05, 4.69) is 0 Å². The number of hydrogen-bond donors (Lipinski definition) is 0. The van der Waals surface area contributed by atoms with E-state index in [1.54, 1.807) is 0 Å². The smallest absolute Gasteiger partial charge is 0.265 e. The molecular formula is C4H7N3O6. The molecule has 0 rings (SSSR count). The van der Waals surface area contributed by atoms with Crippen molar-refractivity contribution in [1.82, 2.24) is 0 Å². The molecule has 0 radical (unpaired) electrons. The topological polar surface area (TPSA) is 129 Å². The second kappa shape index (κ2) is 3.74. The molecule has 0 N–H and O–H groups in total. The maximum absolute atomic E-state index is 10.2. The van der Waals surface area contributed by atoms with Gasteiger partial charge in [0.25, 0.3) is 0 Å². The number of hydrogen-bond acceptors (Lipinski definition) is 6. The summed E-state index contributed by atoms with van der Waals surface area (Å²) < 4.78 is 0. The van der Waals surface area contributed by atoms with Crippen LogP contribution in [0.15, 0.2) is 0 Å². The molecule has 0 aliphatic carbocycles. The van der Waals surface area contributed by atoms with Gasteiger partial charge in [0.05, 0.1) is 16.8 Å². The van der Waals surface area contributed by atoms with Gasteiger partial charge in [-0.15, -0.1) is 0 Å². The van der Waals surface area contributed by atoms with Gasteiger partial charge in [-0.25, -0.2) is 0 Å². The fraction of sp³-hybridized carbons (Fsp3) is 1.00. The van der Waals surface area contributed by atoms with E-state index in [1.807, 2.05) is 0 Å². The minimum Gasteiger partial charge on any atom is -0.265 e. The van der Waals surface area contributed by atoms with Crippen LogP contribution in [0.4, 0.5) is 0 Å². The van der Waals surface area contributed by atoms with Crippen LogP contribution in [-0.4, -0.2) is 27.0 Å². The Balaban J connectivity index is 4.52. The van der Waals surface area contributed by atoms with Gasteiger partial charge >= 0.3 is 5.66 Å². The molecule has 0 fully saturated rings. The van der Waals surface area contributed by atoms with E-state index in [4.69, 9.17) is 0 Å². The van der Waals surface area contributed by atoms with E-state index >= 15 is 0 Å². The van der Waals surface area contributed by atoms with E-state index in [1.165, 1.54) is 0 Å². The third-order valence-electron chi connectivity index (χ3n) is 1.55. The summed E-state index contributed by atoms with van der Waals surface area (Å²) in [6.07, 6.45) is -0.722. The van der Waals surface area contributed by atoms with Gasteiger partial charge in [-0.2, -0.15) is 0 Å². The average Bonchev–Trinajstić information content (AvgIpc) is 1.99. The Morgan fingerprint density at radius 1 is 1.08 bits per heavy atom. The van der Waals surface area contributed by atoms with Crippen molar-refractivity contribution < 1.29 is 14.8 Å². The lowest BCUT2D eigenvalue weighted by Crippen LogP contribution is -2.44. The maximum Gasteiger partial charge on any atom is 0.462 e. The Hall–Kier alpha value is -1.80. The maximum atomic E-state index is 10.2. The SMILES string of the molecule is CC(CC[N+](=O)[O-])([N+](=O)[O-])[N+](=O)[O-]. The Kier molecular flexibility index (Phi) is 3.22. The summed E-state index contributed by atoms with van der Waals surface area (Å²) in [5.74, 6) is 0. The molecule has 0 aliphatic heterocycles. The first kappa shape index (κ1) is 11.2. The van der Waals surface area contributed by atoms with E-state index in [0.29, 0.717) is 0 Å². The molecule has 0 saturated heterocycles. The average molecular weight is 193 g/mol. The molecule has 9 heteroatoms. The summed E-state index contributed by atoms with van der Waals surface area (Å²) in [6, 6.07) is 0. The first-order valence-electron chi connectivity index (χ1n) is 3.21. The lowest BCUT2D eigenvalue weighted by atomic mass is 10.1. The first-order chi connectivity index (χ1) is 5.80. The van der Waals surface area contributed by atoms with Crippen LogP contribution >= 0.6 is 0 Å². The molecule has 0 saturated carbocycles. The highest BCUT2D eigenvalue weighted by Gasteiger charge is 2.51. The molecular weight excluding hydrogens is 186 g/mol. The van der Waals surface area contributed by atoms with Gasteiger partial charge in [-0.3, -0.25) is 30.3 Å². The highest BCUT2D eigenvalue weighted by Crippen LogP contribution is 2.14. The standard InChI is InChI=1S/C4H7N3O6/c1-4(6(10)11,7(12)13)2-3-5(8)9/h2-3H2,1H3. The van der Waals surface area contributed by atoms with Crippen molar-refractivity contribution in [3.05, 3.63) is 30.3 Å². The van der Waals surface area contributed by atoms with Gasteiger partial charge < -0.3 is 0 Å². The third-order valence-corrected chi connectivity index (χ3v) is 1.55. The summed E-state index contributed by atoms with van der Waals surface area (Å²) in [5, 5.41) is 30.3. The van der Waals surface area contributed by atoms with Crippen molar-refractivity contribution in [3.63, 3.8) is 0 Å². The predicted octanol–water partition coefficient (Wildman–Crippen LogP) is -0.0772. The van der Waals surface area contributed by atoms with Crippen molar-refractivity contribution in [3.8, 4) is 0 Å². The van der Waals surface area contributed by atoms with Crippen LogP contribution in [-0.2, 0) is 0 Å². The zero-order valence-electron chi connectivity index (χ0n) is 6.71. The molecule has 0 amide bonds. The summed E-state index contributed by atoms with van der Waals surface area (Å²) in [7, 11) is 0. The van der Waals surface area contributed by atoms with E-state index < -0.39 is 33.4 Å². The largest absolute Gasteiger partial charge is 0.462 e. The van der Waals surface area contributed by atoms with E-state index in [0.717, 1.165) is 6.92 Å². The zero-order valence-corrected chi connectivity index (χ0v) is 6.71. The van der Waals surface area contributed by atoms with Gasteiger partial charge in [-0.05, 0) is 0 Å². The molecule has 74 valence electrons. The Morgan fingerprint density at radius 3 is 1.69 bits per heavy atom. The van der Waals surface area contributed by atoms with Gasteiger partial charge in [0.1, 0.15) is 0 Å². The molecule has 9 nitrogen and oxygen atoms in total.